The summed E-state index contributed by atoms with van der Waals surface area (Å²) in [5.74, 6) is 0.369. The number of likely N-dealkylation sites (tertiary alicyclic amines) is 1. The molecule has 28 heavy (non-hydrogen) atoms. The van der Waals surface area contributed by atoms with E-state index in [2.05, 4.69) is 6.92 Å². The lowest BCUT2D eigenvalue weighted by molar-refractivity contribution is 0.0683. The third-order valence-corrected chi connectivity index (χ3v) is 7.28. The van der Waals surface area contributed by atoms with Crippen LogP contribution in [-0.4, -0.2) is 39.4 Å². The molecule has 1 fully saturated rings. The maximum atomic E-state index is 12.9. The van der Waals surface area contributed by atoms with Gasteiger partial charge < -0.3 is 4.90 Å². The Morgan fingerprint density at radius 3 is 2.46 bits per heavy atom. The number of anilines is 1. The fourth-order valence-electron chi connectivity index (χ4n) is 3.42. The maximum Gasteiger partial charge on any atom is 0.264 e. The van der Waals surface area contributed by atoms with E-state index >= 15 is 0 Å². The SMILES string of the molecule is Cc1ccc(S(=O)(=O)N(C)c2ccc(C(=O)N3CCC[C@@H](C)C3)c(Cl)c2)cc1. The molecule has 0 aromatic heterocycles. The van der Waals surface area contributed by atoms with E-state index in [0.717, 1.165) is 31.5 Å². The van der Waals surface area contributed by atoms with Gasteiger partial charge in [0.1, 0.15) is 0 Å². The van der Waals surface area contributed by atoms with Crippen molar-refractivity contribution in [1.82, 2.24) is 4.90 Å². The van der Waals surface area contributed by atoms with Crippen LogP contribution >= 0.6 is 11.6 Å². The molecule has 0 saturated carbocycles. The van der Waals surface area contributed by atoms with Gasteiger partial charge in [-0.05, 0) is 56.0 Å². The van der Waals surface area contributed by atoms with Crippen LogP contribution in [0, 0.1) is 12.8 Å². The highest BCUT2D eigenvalue weighted by molar-refractivity contribution is 7.92. The molecule has 3 rings (SSSR count). The summed E-state index contributed by atoms with van der Waals surface area (Å²) < 4.78 is 26.9. The number of benzene rings is 2. The van der Waals surface area contributed by atoms with Gasteiger partial charge in [0.2, 0.25) is 0 Å². The van der Waals surface area contributed by atoms with Crippen LogP contribution in [0.15, 0.2) is 47.4 Å². The number of sulfonamides is 1. The van der Waals surface area contributed by atoms with Crippen LogP contribution in [0.25, 0.3) is 0 Å². The highest BCUT2D eigenvalue weighted by atomic mass is 35.5. The van der Waals surface area contributed by atoms with Gasteiger partial charge in [-0.2, -0.15) is 0 Å². The zero-order chi connectivity index (χ0) is 20.5. The molecule has 1 saturated heterocycles. The van der Waals surface area contributed by atoms with E-state index in [1.165, 1.54) is 17.4 Å². The fourth-order valence-corrected chi connectivity index (χ4v) is 4.87. The predicted octanol–water partition coefficient (Wildman–Crippen LogP) is 4.35. The third-order valence-electron chi connectivity index (χ3n) is 5.17. The van der Waals surface area contributed by atoms with Crippen molar-refractivity contribution in [2.45, 2.75) is 31.6 Å². The molecule has 0 N–H and O–H groups in total. The number of piperidine rings is 1. The van der Waals surface area contributed by atoms with Crippen molar-refractivity contribution < 1.29 is 13.2 Å². The molecule has 7 heteroatoms. The van der Waals surface area contributed by atoms with Crippen LogP contribution in [-0.2, 0) is 10.0 Å². The van der Waals surface area contributed by atoms with Gasteiger partial charge in [0.15, 0.2) is 0 Å². The second-order valence-corrected chi connectivity index (χ2v) is 9.82. The fraction of sp³-hybridized carbons (Fsp3) is 0.381. The lowest BCUT2D eigenvalue weighted by Crippen LogP contribution is -2.39. The summed E-state index contributed by atoms with van der Waals surface area (Å²) >= 11 is 6.37. The lowest BCUT2D eigenvalue weighted by atomic mass is 9.99. The summed E-state index contributed by atoms with van der Waals surface area (Å²) in [7, 11) is -2.23. The van der Waals surface area contributed by atoms with Gasteiger partial charge in [-0.15, -0.1) is 0 Å². The number of amides is 1. The van der Waals surface area contributed by atoms with Crippen molar-refractivity contribution in [3.05, 3.63) is 58.6 Å². The zero-order valence-corrected chi connectivity index (χ0v) is 17.9. The van der Waals surface area contributed by atoms with Gasteiger partial charge >= 0.3 is 0 Å². The Kier molecular flexibility index (Phi) is 6.01. The van der Waals surface area contributed by atoms with Crippen molar-refractivity contribution in [2.24, 2.45) is 5.92 Å². The Balaban J connectivity index is 1.85. The van der Waals surface area contributed by atoms with Crippen LogP contribution in [0.2, 0.25) is 5.02 Å². The van der Waals surface area contributed by atoms with Crippen molar-refractivity contribution in [1.29, 1.82) is 0 Å². The number of aryl methyl sites for hydroxylation is 1. The van der Waals surface area contributed by atoms with Gasteiger partial charge in [-0.25, -0.2) is 8.42 Å². The van der Waals surface area contributed by atoms with E-state index in [1.807, 2.05) is 11.8 Å². The molecule has 1 aliphatic rings. The molecule has 2 aromatic rings. The predicted molar refractivity (Wildman–Crippen MR) is 113 cm³/mol. The van der Waals surface area contributed by atoms with E-state index in [-0.39, 0.29) is 15.8 Å². The van der Waals surface area contributed by atoms with Crippen molar-refractivity contribution >= 4 is 33.2 Å². The van der Waals surface area contributed by atoms with E-state index in [4.69, 9.17) is 11.6 Å². The molecule has 1 aliphatic heterocycles. The summed E-state index contributed by atoms with van der Waals surface area (Å²) in [6, 6.07) is 11.5. The lowest BCUT2D eigenvalue weighted by Gasteiger charge is -2.31. The molecule has 0 bridgehead atoms. The van der Waals surface area contributed by atoms with Gasteiger partial charge in [0.05, 0.1) is 21.2 Å². The molecular weight excluding hydrogens is 396 g/mol. The minimum absolute atomic E-state index is 0.104. The van der Waals surface area contributed by atoms with E-state index in [1.54, 1.807) is 36.4 Å². The Labute approximate surface area is 172 Å². The molecule has 0 spiro atoms. The van der Waals surface area contributed by atoms with Crippen LogP contribution < -0.4 is 4.31 Å². The molecule has 150 valence electrons. The second-order valence-electron chi connectivity index (χ2n) is 7.45. The number of nitrogens with zero attached hydrogens (tertiary/aromatic N) is 2. The van der Waals surface area contributed by atoms with Gasteiger partial charge in [0.25, 0.3) is 15.9 Å². The summed E-state index contributed by atoms with van der Waals surface area (Å²) in [5.41, 5.74) is 1.80. The molecule has 1 amide bonds. The van der Waals surface area contributed by atoms with Crippen LogP contribution in [0.4, 0.5) is 5.69 Å². The van der Waals surface area contributed by atoms with E-state index in [9.17, 15) is 13.2 Å². The number of rotatable bonds is 4. The monoisotopic (exact) mass is 420 g/mol. The highest BCUT2D eigenvalue weighted by Gasteiger charge is 2.25. The number of carbonyl (C=O) groups is 1. The molecule has 0 radical (unpaired) electrons. The van der Waals surface area contributed by atoms with Crippen molar-refractivity contribution in [2.75, 3.05) is 24.4 Å². The maximum absolute atomic E-state index is 12.9. The summed E-state index contributed by atoms with van der Waals surface area (Å²) in [6.07, 6.45) is 2.11. The Hall–Kier alpha value is -2.05. The van der Waals surface area contributed by atoms with Crippen molar-refractivity contribution in [3.8, 4) is 0 Å². The molecule has 5 nitrogen and oxygen atoms in total. The van der Waals surface area contributed by atoms with Gasteiger partial charge in [-0.3, -0.25) is 9.10 Å². The topological polar surface area (TPSA) is 57.7 Å². The van der Waals surface area contributed by atoms with Gasteiger partial charge in [0, 0.05) is 20.1 Å². The Morgan fingerprint density at radius 1 is 1.18 bits per heavy atom. The summed E-state index contributed by atoms with van der Waals surface area (Å²) in [4.78, 5) is 14.8. The minimum atomic E-state index is -3.71. The minimum Gasteiger partial charge on any atom is -0.338 e. The quantitative estimate of drug-likeness (QED) is 0.738. The first kappa shape index (κ1) is 20.7. The van der Waals surface area contributed by atoms with Crippen molar-refractivity contribution in [3.63, 3.8) is 0 Å². The average molecular weight is 421 g/mol. The molecule has 1 atom stereocenters. The first-order valence-electron chi connectivity index (χ1n) is 9.34. The van der Waals surface area contributed by atoms with Crippen LogP contribution in [0.3, 0.4) is 0 Å². The molecular formula is C21H25ClN2O3S. The number of hydrogen-bond acceptors (Lipinski definition) is 3. The first-order valence-corrected chi connectivity index (χ1v) is 11.2. The number of hydrogen-bond donors (Lipinski definition) is 0. The number of halogens is 1. The molecule has 0 aliphatic carbocycles. The highest BCUT2D eigenvalue weighted by Crippen LogP contribution is 2.29. The summed E-state index contributed by atoms with van der Waals surface area (Å²) in [5, 5.41) is 0.256. The van der Waals surface area contributed by atoms with E-state index < -0.39 is 10.0 Å². The van der Waals surface area contributed by atoms with Gasteiger partial charge in [-0.1, -0.05) is 36.2 Å². The Morgan fingerprint density at radius 2 is 1.86 bits per heavy atom. The zero-order valence-electron chi connectivity index (χ0n) is 16.4. The molecule has 1 heterocycles. The average Bonchev–Trinajstić information content (AvgIpc) is 2.67. The van der Waals surface area contributed by atoms with E-state index in [0.29, 0.717) is 17.2 Å². The summed E-state index contributed by atoms with van der Waals surface area (Å²) in [6.45, 7) is 5.48. The standard InChI is InChI=1S/C21H25ClN2O3S/c1-15-6-9-18(10-7-15)28(26,27)23(3)17-8-11-19(20(22)13-17)21(25)24-12-4-5-16(2)14-24/h6-11,13,16H,4-5,12,14H2,1-3H3/t16-/m1/s1. The third kappa shape index (κ3) is 4.18. The Bertz CT molecular complexity index is 974. The smallest absolute Gasteiger partial charge is 0.264 e. The normalized spacial score (nSPS) is 17.4. The van der Waals surface area contributed by atoms with Crippen LogP contribution in [0.5, 0.6) is 0 Å². The molecule has 2 aromatic carbocycles. The van der Waals surface area contributed by atoms with Crippen LogP contribution in [0.1, 0.15) is 35.7 Å². The molecule has 0 unspecified atom stereocenters. The number of carbonyl (C=O) groups excluding carboxylic acids is 1. The largest absolute Gasteiger partial charge is 0.338 e. The second kappa shape index (κ2) is 8.13. The first-order chi connectivity index (χ1) is 13.2.